The molecule has 1 rings (SSSR count). The lowest BCUT2D eigenvalue weighted by Crippen LogP contribution is -2.40. The van der Waals surface area contributed by atoms with E-state index in [-0.39, 0.29) is 30.3 Å². The number of carbonyl (C=O) groups excluding carboxylic acids is 1. The standard InChI is InChI=1S/C21H35NO6S/c1-13-7-6-8-14(2)17(27-5)9-10-21(4,26)18(11-19(23)28-15(13)3)29-12-16(22)20(24)25/h8-10,13,15-18,26H,6-7,11-12,22H2,1-5H3,(H,24,25)/b10-9+,14-8+/t13-,15-,16+,17+,18-,21-/m1/s1. The molecule has 0 spiro atoms. The zero-order valence-corrected chi connectivity index (χ0v) is 18.8. The molecule has 0 fully saturated rings. The number of allylic oxidation sites excluding steroid dienone is 1. The van der Waals surface area contributed by atoms with E-state index in [4.69, 9.17) is 20.3 Å². The highest BCUT2D eigenvalue weighted by atomic mass is 32.2. The van der Waals surface area contributed by atoms with Gasteiger partial charge in [-0.2, -0.15) is 11.8 Å². The molecule has 0 bridgehead atoms. The van der Waals surface area contributed by atoms with Gasteiger partial charge in [0.2, 0.25) is 0 Å². The van der Waals surface area contributed by atoms with E-state index in [0.29, 0.717) is 0 Å². The fraction of sp³-hybridized carbons (Fsp3) is 0.714. The number of thioether (sulfide) groups is 1. The highest BCUT2D eigenvalue weighted by Crippen LogP contribution is 2.30. The van der Waals surface area contributed by atoms with E-state index in [1.54, 1.807) is 26.2 Å². The van der Waals surface area contributed by atoms with Crippen LogP contribution in [0.5, 0.6) is 0 Å². The number of carboxylic acid groups (broad SMARTS) is 1. The third kappa shape index (κ3) is 8.50. The molecule has 8 heteroatoms. The fourth-order valence-electron chi connectivity index (χ4n) is 2.98. The summed E-state index contributed by atoms with van der Waals surface area (Å²) >= 11 is 1.15. The van der Waals surface area contributed by atoms with Crippen molar-refractivity contribution in [3.63, 3.8) is 0 Å². The minimum absolute atomic E-state index is 0.0577. The molecule has 0 aromatic carbocycles. The average molecular weight is 430 g/mol. The van der Waals surface area contributed by atoms with Gasteiger partial charge in [0.25, 0.3) is 0 Å². The molecule has 1 heterocycles. The number of hydrogen-bond donors (Lipinski definition) is 3. The first kappa shape index (κ1) is 25.7. The maximum Gasteiger partial charge on any atom is 0.321 e. The van der Waals surface area contributed by atoms with Gasteiger partial charge < -0.3 is 25.4 Å². The Labute approximate surface area is 177 Å². The Balaban J connectivity index is 3.17. The number of esters is 1. The van der Waals surface area contributed by atoms with Crippen molar-refractivity contribution in [1.29, 1.82) is 0 Å². The van der Waals surface area contributed by atoms with Crippen molar-refractivity contribution in [2.75, 3.05) is 12.9 Å². The minimum atomic E-state index is -1.39. The number of carboxylic acids is 1. The Morgan fingerprint density at radius 2 is 2.14 bits per heavy atom. The predicted octanol–water partition coefficient (Wildman–Crippen LogP) is 2.52. The predicted molar refractivity (Wildman–Crippen MR) is 115 cm³/mol. The Bertz CT molecular complexity index is 618. The monoisotopic (exact) mass is 429 g/mol. The summed E-state index contributed by atoms with van der Waals surface area (Å²) in [5, 5.41) is 19.5. The summed E-state index contributed by atoms with van der Waals surface area (Å²) in [6.45, 7) is 7.47. The van der Waals surface area contributed by atoms with Crippen LogP contribution in [0.1, 0.15) is 47.0 Å². The molecule has 6 atom stereocenters. The van der Waals surface area contributed by atoms with Gasteiger partial charge in [0.05, 0.1) is 18.1 Å². The molecule has 1 aliphatic rings. The van der Waals surface area contributed by atoms with Gasteiger partial charge in [-0.3, -0.25) is 9.59 Å². The third-order valence-electron chi connectivity index (χ3n) is 5.32. The number of ether oxygens (including phenoxy) is 2. The summed E-state index contributed by atoms with van der Waals surface area (Å²) in [5.74, 6) is -1.31. The second kappa shape index (κ2) is 11.7. The van der Waals surface area contributed by atoms with Crippen molar-refractivity contribution in [2.24, 2.45) is 11.7 Å². The molecule has 29 heavy (non-hydrogen) atoms. The van der Waals surface area contributed by atoms with Crippen molar-refractivity contribution in [1.82, 2.24) is 0 Å². The van der Waals surface area contributed by atoms with Crippen LogP contribution in [0, 0.1) is 5.92 Å². The fourth-order valence-corrected chi connectivity index (χ4v) is 4.23. The van der Waals surface area contributed by atoms with Crippen molar-refractivity contribution < 1.29 is 29.3 Å². The lowest BCUT2D eigenvalue weighted by Gasteiger charge is -2.31. The molecule has 0 saturated carbocycles. The van der Waals surface area contributed by atoms with Crippen LogP contribution in [0.25, 0.3) is 0 Å². The summed E-state index contributed by atoms with van der Waals surface area (Å²) in [4.78, 5) is 23.5. The smallest absolute Gasteiger partial charge is 0.321 e. The zero-order valence-electron chi connectivity index (χ0n) is 18.0. The number of aliphatic hydroxyl groups is 1. The van der Waals surface area contributed by atoms with E-state index in [2.05, 4.69) is 6.08 Å². The first-order valence-electron chi connectivity index (χ1n) is 9.88. The number of hydrogen-bond acceptors (Lipinski definition) is 7. The largest absolute Gasteiger partial charge is 0.480 e. The van der Waals surface area contributed by atoms with E-state index in [1.807, 2.05) is 20.8 Å². The van der Waals surface area contributed by atoms with Crippen LogP contribution in [0.15, 0.2) is 23.8 Å². The maximum atomic E-state index is 12.5. The lowest BCUT2D eigenvalue weighted by atomic mass is 9.95. The summed E-state index contributed by atoms with van der Waals surface area (Å²) in [6, 6.07) is -1.08. The molecule has 0 radical (unpaired) electrons. The third-order valence-corrected chi connectivity index (χ3v) is 6.91. The van der Waals surface area contributed by atoms with Gasteiger partial charge in [-0.25, -0.2) is 0 Å². The maximum absolute atomic E-state index is 12.5. The van der Waals surface area contributed by atoms with Gasteiger partial charge in [0, 0.05) is 18.1 Å². The molecule has 7 nitrogen and oxygen atoms in total. The molecule has 0 unspecified atom stereocenters. The first-order chi connectivity index (χ1) is 13.5. The highest BCUT2D eigenvalue weighted by Gasteiger charge is 2.34. The number of methoxy groups -OCH3 is 1. The minimum Gasteiger partial charge on any atom is -0.480 e. The van der Waals surface area contributed by atoms with Gasteiger partial charge in [-0.15, -0.1) is 0 Å². The van der Waals surface area contributed by atoms with Crippen molar-refractivity contribution in [3.8, 4) is 0 Å². The molecule has 0 aromatic rings. The van der Waals surface area contributed by atoms with E-state index < -0.39 is 28.8 Å². The zero-order chi connectivity index (χ0) is 22.2. The molecule has 0 aromatic heterocycles. The number of aliphatic carboxylic acids is 1. The van der Waals surface area contributed by atoms with Gasteiger partial charge in [0.1, 0.15) is 12.1 Å². The summed E-state index contributed by atoms with van der Waals surface area (Å²) < 4.78 is 11.1. The summed E-state index contributed by atoms with van der Waals surface area (Å²) in [5.41, 5.74) is 5.25. The van der Waals surface area contributed by atoms with Crippen LogP contribution >= 0.6 is 11.8 Å². The lowest BCUT2D eigenvalue weighted by molar-refractivity contribution is -0.151. The first-order valence-corrected chi connectivity index (χ1v) is 10.9. The quantitative estimate of drug-likeness (QED) is 0.451. The highest BCUT2D eigenvalue weighted by molar-refractivity contribution is 8.00. The SMILES string of the molecule is CO[C@H]1/C=C/[C@@](C)(O)[C@H](SC[C@H](N)C(=O)O)CC(=O)O[C@H](C)[C@H](C)CC/C=C/1C. The van der Waals surface area contributed by atoms with Gasteiger partial charge in [-0.1, -0.05) is 25.2 Å². The van der Waals surface area contributed by atoms with Crippen LogP contribution in [0.2, 0.25) is 0 Å². The van der Waals surface area contributed by atoms with Gasteiger partial charge >= 0.3 is 11.9 Å². The van der Waals surface area contributed by atoms with Crippen LogP contribution in [-0.4, -0.2) is 64.1 Å². The number of carbonyl (C=O) groups is 2. The number of rotatable bonds is 5. The molecular formula is C21H35NO6S. The molecule has 1 aliphatic heterocycles. The molecular weight excluding hydrogens is 394 g/mol. The molecule has 166 valence electrons. The second-order valence-electron chi connectivity index (χ2n) is 7.91. The topological polar surface area (TPSA) is 119 Å². The van der Waals surface area contributed by atoms with E-state index >= 15 is 0 Å². The van der Waals surface area contributed by atoms with Crippen molar-refractivity contribution in [2.45, 2.75) is 76.1 Å². The van der Waals surface area contributed by atoms with Gasteiger partial charge in [0.15, 0.2) is 0 Å². The molecule has 0 amide bonds. The van der Waals surface area contributed by atoms with Crippen molar-refractivity contribution >= 4 is 23.7 Å². The van der Waals surface area contributed by atoms with E-state index in [0.717, 1.165) is 30.2 Å². The Morgan fingerprint density at radius 3 is 2.72 bits per heavy atom. The molecule has 0 aliphatic carbocycles. The summed E-state index contributed by atoms with van der Waals surface area (Å²) in [7, 11) is 1.60. The normalized spacial score (nSPS) is 36.2. The molecule has 0 saturated heterocycles. The number of cyclic esters (lactones) is 1. The van der Waals surface area contributed by atoms with Crippen LogP contribution < -0.4 is 5.73 Å². The Hall–Kier alpha value is -1.35. The number of nitrogens with two attached hydrogens (primary N) is 1. The van der Waals surface area contributed by atoms with Gasteiger partial charge in [-0.05, 0) is 45.1 Å². The van der Waals surface area contributed by atoms with Crippen molar-refractivity contribution in [3.05, 3.63) is 23.8 Å². The summed E-state index contributed by atoms with van der Waals surface area (Å²) in [6.07, 6.45) is 6.56. The second-order valence-corrected chi connectivity index (χ2v) is 9.15. The Kier molecular flexibility index (Phi) is 10.4. The Morgan fingerprint density at radius 1 is 1.48 bits per heavy atom. The van der Waals surface area contributed by atoms with Crippen LogP contribution in [0.3, 0.4) is 0 Å². The van der Waals surface area contributed by atoms with E-state index in [1.165, 1.54) is 0 Å². The van der Waals surface area contributed by atoms with E-state index in [9.17, 15) is 14.7 Å². The van der Waals surface area contributed by atoms with Crippen LogP contribution in [0.4, 0.5) is 0 Å². The average Bonchev–Trinajstić information content (AvgIpc) is 2.63. The van der Waals surface area contributed by atoms with Crippen LogP contribution in [-0.2, 0) is 19.1 Å². The molecule has 4 N–H and O–H groups in total.